The minimum atomic E-state index is -0.178. The molecule has 0 aliphatic carbocycles. The van der Waals surface area contributed by atoms with Crippen molar-refractivity contribution in [3.8, 4) is 0 Å². The molecule has 0 radical (unpaired) electrons. The summed E-state index contributed by atoms with van der Waals surface area (Å²) in [6.07, 6.45) is 4.14. The van der Waals surface area contributed by atoms with Crippen LogP contribution in [0.3, 0.4) is 0 Å². The third-order valence-corrected chi connectivity index (χ3v) is 2.87. The largest absolute Gasteiger partial charge is 0.370 e. The van der Waals surface area contributed by atoms with Gasteiger partial charge in [-0.05, 0) is 25.5 Å². The minimum absolute atomic E-state index is 0.178. The summed E-state index contributed by atoms with van der Waals surface area (Å²) >= 11 is 0. The van der Waals surface area contributed by atoms with Gasteiger partial charge in [0.05, 0.1) is 16.9 Å². The second-order valence-corrected chi connectivity index (χ2v) is 4.43. The van der Waals surface area contributed by atoms with Gasteiger partial charge in [0.2, 0.25) is 0 Å². The first kappa shape index (κ1) is 14.0. The van der Waals surface area contributed by atoms with Gasteiger partial charge >= 0.3 is 0 Å². The second-order valence-electron chi connectivity index (χ2n) is 4.43. The predicted molar refractivity (Wildman–Crippen MR) is 78.9 cm³/mol. The number of aromatic nitrogens is 3. The number of hydrogen-bond acceptors (Lipinski definition) is 4. The number of amides is 1. The number of anilines is 2. The quantitative estimate of drug-likeness (QED) is 0.874. The standard InChI is InChI=1S/C14H19N5O/c1-4-11-12(9-19(3)18-11)17-14(20)10-6-7-13(15-5-2)16-8-10/h6-9H,4-5H2,1-3H3,(H,15,16)(H,17,20). The van der Waals surface area contributed by atoms with Crippen molar-refractivity contribution in [1.29, 1.82) is 0 Å². The van der Waals surface area contributed by atoms with Crippen molar-refractivity contribution in [2.75, 3.05) is 17.2 Å². The molecular weight excluding hydrogens is 254 g/mol. The molecule has 2 heterocycles. The molecule has 0 saturated carbocycles. The molecule has 0 aliphatic rings. The number of aryl methyl sites for hydroxylation is 2. The van der Waals surface area contributed by atoms with Crippen molar-refractivity contribution in [3.63, 3.8) is 0 Å². The van der Waals surface area contributed by atoms with Crippen LogP contribution in [0.4, 0.5) is 11.5 Å². The highest BCUT2D eigenvalue weighted by Gasteiger charge is 2.11. The van der Waals surface area contributed by atoms with E-state index in [1.165, 1.54) is 0 Å². The summed E-state index contributed by atoms with van der Waals surface area (Å²) in [5.41, 5.74) is 2.14. The highest BCUT2D eigenvalue weighted by atomic mass is 16.1. The van der Waals surface area contributed by atoms with Crippen molar-refractivity contribution < 1.29 is 4.79 Å². The van der Waals surface area contributed by atoms with Crippen molar-refractivity contribution in [2.45, 2.75) is 20.3 Å². The number of pyridine rings is 1. The zero-order chi connectivity index (χ0) is 14.5. The number of hydrogen-bond donors (Lipinski definition) is 2. The van der Waals surface area contributed by atoms with Gasteiger partial charge in [-0.15, -0.1) is 0 Å². The van der Waals surface area contributed by atoms with Crippen LogP contribution < -0.4 is 10.6 Å². The van der Waals surface area contributed by atoms with E-state index < -0.39 is 0 Å². The summed E-state index contributed by atoms with van der Waals surface area (Å²) in [6, 6.07) is 3.55. The molecule has 20 heavy (non-hydrogen) atoms. The summed E-state index contributed by atoms with van der Waals surface area (Å²) in [5.74, 6) is 0.586. The van der Waals surface area contributed by atoms with Crippen LogP contribution in [0.25, 0.3) is 0 Å². The summed E-state index contributed by atoms with van der Waals surface area (Å²) in [7, 11) is 1.83. The van der Waals surface area contributed by atoms with Crippen LogP contribution in [0.1, 0.15) is 29.9 Å². The summed E-state index contributed by atoms with van der Waals surface area (Å²) in [4.78, 5) is 16.3. The molecule has 6 nitrogen and oxygen atoms in total. The van der Waals surface area contributed by atoms with E-state index in [-0.39, 0.29) is 5.91 Å². The highest BCUT2D eigenvalue weighted by molar-refractivity contribution is 6.04. The fourth-order valence-corrected chi connectivity index (χ4v) is 1.91. The van der Waals surface area contributed by atoms with Gasteiger partial charge in [-0.3, -0.25) is 9.48 Å². The van der Waals surface area contributed by atoms with Crippen molar-refractivity contribution in [3.05, 3.63) is 35.8 Å². The molecule has 0 atom stereocenters. The lowest BCUT2D eigenvalue weighted by molar-refractivity contribution is 0.102. The first-order valence-electron chi connectivity index (χ1n) is 6.67. The monoisotopic (exact) mass is 273 g/mol. The summed E-state index contributed by atoms with van der Waals surface area (Å²) in [6.45, 7) is 4.80. The Hall–Kier alpha value is -2.37. The molecule has 2 aromatic rings. The fourth-order valence-electron chi connectivity index (χ4n) is 1.91. The normalized spacial score (nSPS) is 10.3. The molecule has 0 bridgehead atoms. The third-order valence-electron chi connectivity index (χ3n) is 2.87. The Kier molecular flexibility index (Phi) is 4.34. The Morgan fingerprint density at radius 1 is 1.35 bits per heavy atom. The smallest absolute Gasteiger partial charge is 0.257 e. The maximum Gasteiger partial charge on any atom is 0.257 e. The van der Waals surface area contributed by atoms with E-state index in [2.05, 4.69) is 20.7 Å². The zero-order valence-corrected chi connectivity index (χ0v) is 12.0. The molecule has 0 spiro atoms. The Labute approximate surface area is 118 Å². The van der Waals surface area contributed by atoms with Crippen LogP contribution in [0, 0.1) is 0 Å². The second kappa shape index (κ2) is 6.18. The minimum Gasteiger partial charge on any atom is -0.370 e. The Balaban J connectivity index is 2.11. The molecule has 0 unspecified atom stereocenters. The van der Waals surface area contributed by atoms with Gasteiger partial charge in [-0.25, -0.2) is 4.98 Å². The molecule has 2 rings (SSSR count). The molecule has 0 aromatic carbocycles. The number of carbonyl (C=O) groups is 1. The van der Waals surface area contributed by atoms with Crippen molar-refractivity contribution in [2.24, 2.45) is 7.05 Å². The number of carbonyl (C=O) groups excluding carboxylic acids is 1. The fraction of sp³-hybridized carbons (Fsp3) is 0.357. The maximum absolute atomic E-state index is 12.2. The first-order chi connectivity index (χ1) is 9.63. The van der Waals surface area contributed by atoms with Gasteiger partial charge in [-0.1, -0.05) is 6.92 Å². The highest BCUT2D eigenvalue weighted by Crippen LogP contribution is 2.15. The molecular formula is C14H19N5O. The van der Waals surface area contributed by atoms with Crippen LogP contribution in [0.5, 0.6) is 0 Å². The summed E-state index contributed by atoms with van der Waals surface area (Å²) in [5, 5.41) is 10.2. The van der Waals surface area contributed by atoms with Gasteiger partial charge in [0, 0.05) is 26.0 Å². The van der Waals surface area contributed by atoms with Gasteiger partial charge in [-0.2, -0.15) is 5.10 Å². The van der Waals surface area contributed by atoms with Gasteiger partial charge in [0.25, 0.3) is 5.91 Å². The van der Waals surface area contributed by atoms with Crippen LogP contribution >= 0.6 is 0 Å². The van der Waals surface area contributed by atoms with Crippen LogP contribution in [0.15, 0.2) is 24.5 Å². The number of nitrogens with zero attached hydrogens (tertiary/aromatic N) is 3. The van der Waals surface area contributed by atoms with E-state index in [1.807, 2.05) is 20.9 Å². The lowest BCUT2D eigenvalue weighted by Crippen LogP contribution is -2.13. The number of nitrogens with one attached hydrogen (secondary N) is 2. The Morgan fingerprint density at radius 3 is 2.75 bits per heavy atom. The predicted octanol–water partition coefficient (Wildman–Crippen LogP) is 2.06. The van der Waals surface area contributed by atoms with E-state index in [0.29, 0.717) is 5.56 Å². The molecule has 106 valence electrons. The molecule has 0 fully saturated rings. The average molecular weight is 273 g/mol. The van der Waals surface area contributed by atoms with E-state index in [0.717, 1.165) is 30.2 Å². The molecule has 6 heteroatoms. The topological polar surface area (TPSA) is 71.8 Å². The van der Waals surface area contributed by atoms with Gasteiger partial charge in [0.1, 0.15) is 5.82 Å². The van der Waals surface area contributed by atoms with E-state index >= 15 is 0 Å². The van der Waals surface area contributed by atoms with E-state index in [1.54, 1.807) is 29.2 Å². The lowest BCUT2D eigenvalue weighted by Gasteiger charge is -2.05. The lowest BCUT2D eigenvalue weighted by atomic mass is 10.2. The molecule has 0 aliphatic heterocycles. The Bertz CT molecular complexity index is 588. The third kappa shape index (κ3) is 3.14. The van der Waals surface area contributed by atoms with Gasteiger partial charge < -0.3 is 10.6 Å². The van der Waals surface area contributed by atoms with Crippen LogP contribution in [0.2, 0.25) is 0 Å². The van der Waals surface area contributed by atoms with Crippen LogP contribution in [-0.4, -0.2) is 27.2 Å². The van der Waals surface area contributed by atoms with Gasteiger partial charge in [0.15, 0.2) is 0 Å². The van der Waals surface area contributed by atoms with Crippen molar-refractivity contribution >= 4 is 17.4 Å². The number of rotatable bonds is 5. The Morgan fingerprint density at radius 2 is 2.15 bits per heavy atom. The van der Waals surface area contributed by atoms with Crippen molar-refractivity contribution in [1.82, 2.24) is 14.8 Å². The zero-order valence-electron chi connectivity index (χ0n) is 12.0. The average Bonchev–Trinajstić information content (AvgIpc) is 2.80. The maximum atomic E-state index is 12.2. The molecule has 2 aromatic heterocycles. The van der Waals surface area contributed by atoms with E-state index in [9.17, 15) is 4.79 Å². The van der Waals surface area contributed by atoms with Crippen LogP contribution in [-0.2, 0) is 13.5 Å². The molecule has 2 N–H and O–H groups in total. The summed E-state index contributed by atoms with van der Waals surface area (Å²) < 4.78 is 1.70. The molecule has 0 saturated heterocycles. The molecule has 1 amide bonds. The SMILES string of the molecule is CCNc1ccc(C(=O)Nc2cn(C)nc2CC)cn1. The first-order valence-corrected chi connectivity index (χ1v) is 6.67. The van der Waals surface area contributed by atoms with E-state index in [4.69, 9.17) is 0 Å².